The van der Waals surface area contributed by atoms with Crippen LogP contribution in [0.1, 0.15) is 18.4 Å². The van der Waals surface area contributed by atoms with Gasteiger partial charge in [-0.05, 0) is 24.5 Å². The van der Waals surface area contributed by atoms with Crippen LogP contribution in [0.25, 0.3) is 0 Å². The van der Waals surface area contributed by atoms with E-state index in [0.29, 0.717) is 32.7 Å². The maximum atomic E-state index is 12.5. The number of hydrogen-bond donors (Lipinski definition) is 2. The van der Waals surface area contributed by atoms with Gasteiger partial charge in [0.1, 0.15) is 0 Å². The van der Waals surface area contributed by atoms with Crippen LogP contribution in [0.4, 0.5) is 9.59 Å². The number of nitrogens with one attached hydrogen (secondary N) is 2. The molecule has 4 amide bonds. The molecule has 2 aliphatic heterocycles. The van der Waals surface area contributed by atoms with Crippen molar-refractivity contribution in [1.29, 1.82) is 0 Å². The summed E-state index contributed by atoms with van der Waals surface area (Å²) in [6, 6.07) is 7.90. The molecule has 0 aromatic heterocycles. The van der Waals surface area contributed by atoms with Gasteiger partial charge in [-0.3, -0.25) is 0 Å². The van der Waals surface area contributed by atoms with Crippen molar-refractivity contribution in [3.63, 3.8) is 0 Å². The summed E-state index contributed by atoms with van der Waals surface area (Å²) in [6.07, 6.45) is 2.09. The topological polar surface area (TPSA) is 64.7 Å². The number of hydrogen-bond acceptors (Lipinski definition) is 2. The number of benzene rings is 1. The van der Waals surface area contributed by atoms with Gasteiger partial charge in [-0.2, -0.15) is 0 Å². The van der Waals surface area contributed by atoms with Gasteiger partial charge < -0.3 is 20.4 Å². The number of rotatable bonds is 3. The molecule has 3 fully saturated rings. The molecule has 2 heterocycles. The van der Waals surface area contributed by atoms with Gasteiger partial charge in [-0.15, -0.1) is 0 Å². The lowest BCUT2D eigenvalue weighted by Gasteiger charge is -2.36. The summed E-state index contributed by atoms with van der Waals surface area (Å²) >= 11 is 6.32. The zero-order valence-electron chi connectivity index (χ0n) is 13.4. The minimum atomic E-state index is -0.0488. The van der Waals surface area contributed by atoms with Crippen molar-refractivity contribution >= 4 is 23.7 Å². The van der Waals surface area contributed by atoms with Crippen LogP contribution in [-0.4, -0.2) is 60.6 Å². The Morgan fingerprint density at radius 2 is 2.12 bits per heavy atom. The first kappa shape index (κ1) is 15.6. The van der Waals surface area contributed by atoms with E-state index in [9.17, 15) is 9.59 Å². The Hall–Kier alpha value is -1.95. The number of fused-ring (bicyclic) bond motifs is 1. The molecule has 0 spiro atoms. The van der Waals surface area contributed by atoms with Gasteiger partial charge >= 0.3 is 12.1 Å². The first-order valence-electron chi connectivity index (χ1n) is 8.41. The summed E-state index contributed by atoms with van der Waals surface area (Å²) in [4.78, 5) is 27.8. The van der Waals surface area contributed by atoms with Gasteiger partial charge in [-0.1, -0.05) is 29.8 Å². The smallest absolute Gasteiger partial charge is 0.317 e. The summed E-state index contributed by atoms with van der Waals surface area (Å²) in [5.74, 6) is 0. The maximum Gasteiger partial charge on any atom is 0.317 e. The van der Waals surface area contributed by atoms with Crippen molar-refractivity contribution in [2.45, 2.75) is 24.3 Å². The van der Waals surface area contributed by atoms with E-state index in [1.54, 1.807) is 0 Å². The molecule has 7 heteroatoms. The Balaban J connectivity index is 1.36. The molecular weight excluding hydrogens is 328 g/mol. The molecule has 1 aromatic rings. The molecule has 0 bridgehead atoms. The SMILES string of the molecule is O=C(NCC1(c2ccccc2Cl)CC1)N1CCN2C(=O)NCC2C1. The minimum Gasteiger partial charge on any atom is -0.337 e. The second-order valence-electron chi connectivity index (χ2n) is 6.90. The molecule has 1 aliphatic carbocycles. The fraction of sp³-hybridized carbons (Fsp3) is 0.529. The summed E-state index contributed by atoms with van der Waals surface area (Å²) in [6.45, 7) is 2.99. The number of piperazine rings is 1. The third-order valence-electron chi connectivity index (χ3n) is 5.40. The second kappa shape index (κ2) is 5.84. The standard InChI is InChI=1S/C17H21ClN4O2/c18-14-4-2-1-3-13(14)17(5-6-17)11-20-15(23)21-7-8-22-12(10-21)9-19-16(22)24/h1-4,12H,5-11H2,(H,19,24)(H,20,23). The van der Waals surface area contributed by atoms with Gasteiger partial charge in [0.25, 0.3) is 0 Å². The molecule has 1 saturated carbocycles. The Kier molecular flexibility index (Phi) is 3.79. The van der Waals surface area contributed by atoms with Crippen LogP contribution in [0.2, 0.25) is 5.02 Å². The van der Waals surface area contributed by atoms with Gasteiger partial charge in [-0.25, -0.2) is 9.59 Å². The number of urea groups is 2. The van der Waals surface area contributed by atoms with Crippen LogP contribution < -0.4 is 10.6 Å². The Labute approximate surface area is 146 Å². The van der Waals surface area contributed by atoms with E-state index < -0.39 is 0 Å². The quantitative estimate of drug-likeness (QED) is 0.874. The van der Waals surface area contributed by atoms with E-state index in [-0.39, 0.29) is 23.5 Å². The van der Waals surface area contributed by atoms with Gasteiger partial charge in [0.05, 0.1) is 6.04 Å². The van der Waals surface area contributed by atoms with E-state index in [1.807, 2.05) is 28.0 Å². The maximum absolute atomic E-state index is 12.5. The predicted octanol–water partition coefficient (Wildman–Crippen LogP) is 1.79. The van der Waals surface area contributed by atoms with E-state index in [4.69, 9.17) is 11.6 Å². The van der Waals surface area contributed by atoms with Crippen LogP contribution >= 0.6 is 11.6 Å². The molecule has 3 aliphatic rings. The molecule has 1 aromatic carbocycles. The average molecular weight is 349 g/mol. The highest BCUT2D eigenvalue weighted by molar-refractivity contribution is 6.31. The third-order valence-corrected chi connectivity index (χ3v) is 5.73. The van der Waals surface area contributed by atoms with Crippen molar-refractivity contribution in [1.82, 2.24) is 20.4 Å². The molecule has 128 valence electrons. The van der Waals surface area contributed by atoms with Gasteiger partial charge in [0.2, 0.25) is 0 Å². The number of halogens is 1. The molecule has 2 N–H and O–H groups in total. The van der Waals surface area contributed by atoms with Crippen LogP contribution in [0.5, 0.6) is 0 Å². The zero-order chi connectivity index (χ0) is 16.7. The van der Waals surface area contributed by atoms with Crippen molar-refractivity contribution in [2.24, 2.45) is 0 Å². The molecule has 4 rings (SSSR count). The number of carbonyl (C=O) groups is 2. The monoisotopic (exact) mass is 348 g/mol. The van der Waals surface area contributed by atoms with Gasteiger partial charge in [0, 0.05) is 43.2 Å². The Bertz CT molecular complexity index is 676. The summed E-state index contributed by atoms with van der Waals surface area (Å²) in [5, 5.41) is 6.68. The molecule has 24 heavy (non-hydrogen) atoms. The lowest BCUT2D eigenvalue weighted by molar-refractivity contribution is 0.129. The molecular formula is C17H21ClN4O2. The number of carbonyl (C=O) groups excluding carboxylic acids is 2. The van der Waals surface area contributed by atoms with Crippen LogP contribution in [-0.2, 0) is 5.41 Å². The highest BCUT2D eigenvalue weighted by Gasteiger charge is 2.46. The second-order valence-corrected chi connectivity index (χ2v) is 7.31. The highest BCUT2D eigenvalue weighted by atomic mass is 35.5. The molecule has 6 nitrogen and oxygen atoms in total. The van der Waals surface area contributed by atoms with E-state index >= 15 is 0 Å². The normalized spacial score (nSPS) is 24.4. The summed E-state index contributed by atoms with van der Waals surface area (Å²) in [7, 11) is 0. The van der Waals surface area contributed by atoms with Crippen molar-refractivity contribution in [3.8, 4) is 0 Å². The van der Waals surface area contributed by atoms with Crippen LogP contribution in [0.15, 0.2) is 24.3 Å². The fourth-order valence-electron chi connectivity index (χ4n) is 3.73. The van der Waals surface area contributed by atoms with E-state index in [1.165, 1.54) is 0 Å². The highest BCUT2D eigenvalue weighted by Crippen LogP contribution is 2.49. The molecule has 2 saturated heterocycles. The number of nitrogens with zero attached hydrogens (tertiary/aromatic N) is 2. The average Bonchev–Trinajstić information content (AvgIpc) is 3.30. The van der Waals surface area contributed by atoms with Crippen molar-refractivity contribution in [3.05, 3.63) is 34.9 Å². The largest absolute Gasteiger partial charge is 0.337 e. The molecule has 0 radical (unpaired) electrons. The lowest BCUT2D eigenvalue weighted by atomic mass is 9.96. The van der Waals surface area contributed by atoms with Crippen molar-refractivity contribution in [2.75, 3.05) is 32.7 Å². The van der Waals surface area contributed by atoms with Crippen LogP contribution in [0.3, 0.4) is 0 Å². The lowest BCUT2D eigenvalue weighted by Crippen LogP contribution is -2.56. The Morgan fingerprint density at radius 3 is 2.88 bits per heavy atom. The fourth-order valence-corrected chi connectivity index (χ4v) is 4.06. The van der Waals surface area contributed by atoms with Crippen LogP contribution in [0, 0.1) is 0 Å². The first-order chi connectivity index (χ1) is 11.6. The predicted molar refractivity (Wildman–Crippen MR) is 91.2 cm³/mol. The Morgan fingerprint density at radius 1 is 1.33 bits per heavy atom. The van der Waals surface area contributed by atoms with E-state index in [0.717, 1.165) is 23.4 Å². The first-order valence-corrected chi connectivity index (χ1v) is 8.79. The summed E-state index contributed by atoms with van der Waals surface area (Å²) in [5.41, 5.74) is 1.11. The molecule has 1 atom stereocenters. The van der Waals surface area contributed by atoms with E-state index in [2.05, 4.69) is 16.7 Å². The zero-order valence-corrected chi connectivity index (χ0v) is 14.2. The third kappa shape index (κ3) is 2.69. The summed E-state index contributed by atoms with van der Waals surface area (Å²) < 4.78 is 0. The van der Waals surface area contributed by atoms with Crippen molar-refractivity contribution < 1.29 is 9.59 Å². The number of amides is 4. The minimum absolute atomic E-state index is 0.0132. The van der Waals surface area contributed by atoms with Gasteiger partial charge in [0.15, 0.2) is 0 Å². The molecule has 1 unspecified atom stereocenters.